The predicted octanol–water partition coefficient (Wildman–Crippen LogP) is 1.29. The van der Waals surface area contributed by atoms with E-state index in [9.17, 15) is 9.59 Å². The van der Waals surface area contributed by atoms with Gasteiger partial charge < -0.3 is 24.3 Å². The number of carbonyl (C=O) groups excluding carboxylic acids is 2. The molecule has 0 atom stereocenters. The summed E-state index contributed by atoms with van der Waals surface area (Å²) in [6, 6.07) is 7.68. The van der Waals surface area contributed by atoms with Crippen molar-refractivity contribution >= 4 is 34.2 Å². The third-order valence-corrected chi connectivity index (χ3v) is 6.35. The van der Waals surface area contributed by atoms with Crippen LogP contribution in [0.5, 0.6) is 5.75 Å². The van der Waals surface area contributed by atoms with Crippen molar-refractivity contribution in [2.75, 3.05) is 76.7 Å². The van der Waals surface area contributed by atoms with Crippen LogP contribution in [0.1, 0.15) is 10.5 Å². The number of urea groups is 1. The molecule has 0 spiro atoms. The van der Waals surface area contributed by atoms with Crippen LogP contribution in [0.25, 0.3) is 0 Å². The minimum absolute atomic E-state index is 0.179. The van der Waals surface area contributed by atoms with Crippen molar-refractivity contribution in [2.45, 2.75) is 0 Å². The Morgan fingerprint density at radius 3 is 2.26 bits per heavy atom. The number of likely N-dealkylation sites (N-methyl/N-ethyl adjacent to an activating group) is 1. The van der Waals surface area contributed by atoms with E-state index in [1.165, 1.54) is 0 Å². The minimum atomic E-state index is -0.229. The van der Waals surface area contributed by atoms with Crippen molar-refractivity contribution in [1.82, 2.24) is 24.3 Å². The second-order valence-electron chi connectivity index (χ2n) is 7.65. The molecule has 3 heterocycles. The lowest BCUT2D eigenvalue weighted by molar-refractivity contribution is 0.0659. The number of piperazine rings is 2. The van der Waals surface area contributed by atoms with E-state index in [1.54, 1.807) is 16.9 Å². The molecule has 11 heteroatoms. The summed E-state index contributed by atoms with van der Waals surface area (Å²) in [5, 5.41) is 7.24. The third-order valence-electron chi connectivity index (χ3n) is 5.71. The Kier molecular flexibility index (Phi) is 6.52. The van der Waals surface area contributed by atoms with Crippen LogP contribution in [0.4, 0.5) is 15.5 Å². The molecule has 31 heavy (non-hydrogen) atoms. The number of rotatable bonds is 4. The number of hydrogen-bond acceptors (Lipinski definition) is 8. The van der Waals surface area contributed by atoms with Crippen LogP contribution in [0.3, 0.4) is 0 Å². The predicted molar refractivity (Wildman–Crippen MR) is 119 cm³/mol. The van der Waals surface area contributed by atoms with Crippen LogP contribution in [-0.4, -0.2) is 103 Å². The van der Waals surface area contributed by atoms with Gasteiger partial charge in [0.25, 0.3) is 5.91 Å². The quantitative estimate of drug-likeness (QED) is 0.758. The van der Waals surface area contributed by atoms with Gasteiger partial charge in [0.15, 0.2) is 10.7 Å². The number of hydrogen-bond donors (Lipinski definition) is 1. The zero-order valence-corrected chi connectivity index (χ0v) is 18.6. The van der Waals surface area contributed by atoms with Crippen LogP contribution >= 0.6 is 11.5 Å². The van der Waals surface area contributed by atoms with Crippen molar-refractivity contribution in [3.63, 3.8) is 0 Å². The van der Waals surface area contributed by atoms with E-state index in [-0.39, 0.29) is 17.6 Å². The molecule has 1 N–H and O–H groups in total. The Morgan fingerprint density at radius 1 is 0.968 bits per heavy atom. The number of nitrogens with zero attached hydrogens (tertiary/aromatic N) is 6. The lowest BCUT2D eigenvalue weighted by Crippen LogP contribution is -2.50. The molecule has 1 aromatic heterocycles. The van der Waals surface area contributed by atoms with Gasteiger partial charge in [0.2, 0.25) is 0 Å². The van der Waals surface area contributed by atoms with Crippen molar-refractivity contribution in [3.8, 4) is 5.75 Å². The molecule has 3 amide bonds. The molecule has 166 valence electrons. The lowest BCUT2D eigenvalue weighted by atomic mass is 10.2. The Hall–Kier alpha value is -2.92. The number of aromatic nitrogens is 2. The van der Waals surface area contributed by atoms with E-state index < -0.39 is 0 Å². The fraction of sp³-hybridized carbons (Fsp3) is 0.500. The Morgan fingerprint density at radius 2 is 1.61 bits per heavy atom. The smallest absolute Gasteiger partial charge is 0.322 e. The lowest BCUT2D eigenvalue weighted by Gasteiger charge is -2.36. The molecule has 2 saturated heterocycles. The van der Waals surface area contributed by atoms with Gasteiger partial charge in [0, 0.05) is 69.6 Å². The molecule has 0 radical (unpaired) electrons. The van der Waals surface area contributed by atoms with E-state index in [0.717, 1.165) is 49.1 Å². The molecule has 1 aromatic carbocycles. The summed E-state index contributed by atoms with van der Waals surface area (Å²) in [5.74, 6) is 0.642. The van der Waals surface area contributed by atoms with Crippen LogP contribution < -0.4 is 15.0 Å². The monoisotopic (exact) mass is 445 g/mol. The van der Waals surface area contributed by atoms with E-state index in [2.05, 4.69) is 24.7 Å². The topological polar surface area (TPSA) is 94.1 Å². The third kappa shape index (κ3) is 4.88. The molecule has 2 aromatic rings. The second-order valence-corrected chi connectivity index (χ2v) is 8.40. The Bertz CT molecular complexity index is 904. The second kappa shape index (κ2) is 9.48. The molecule has 4 rings (SSSR count). The van der Waals surface area contributed by atoms with E-state index in [0.29, 0.717) is 31.2 Å². The zero-order valence-electron chi connectivity index (χ0n) is 17.8. The van der Waals surface area contributed by atoms with Gasteiger partial charge in [-0.2, -0.15) is 0 Å². The zero-order chi connectivity index (χ0) is 21.8. The summed E-state index contributed by atoms with van der Waals surface area (Å²) in [5.41, 5.74) is 1.33. The fourth-order valence-corrected chi connectivity index (χ4v) is 4.26. The maximum Gasteiger partial charge on any atom is 0.322 e. The summed E-state index contributed by atoms with van der Waals surface area (Å²) >= 11 is 1.04. The van der Waals surface area contributed by atoms with Crippen LogP contribution in [-0.2, 0) is 0 Å². The summed E-state index contributed by atoms with van der Waals surface area (Å²) in [7, 11) is 3.68. The average Bonchev–Trinajstić information content (AvgIpc) is 3.27. The van der Waals surface area contributed by atoms with Crippen molar-refractivity contribution in [1.29, 1.82) is 0 Å². The largest absolute Gasteiger partial charge is 0.497 e. The van der Waals surface area contributed by atoms with Gasteiger partial charge in [-0.15, -0.1) is 5.10 Å². The first-order valence-corrected chi connectivity index (χ1v) is 11.1. The molecule has 10 nitrogen and oxygen atoms in total. The van der Waals surface area contributed by atoms with Gasteiger partial charge in [-0.3, -0.25) is 10.1 Å². The molecule has 0 aliphatic carbocycles. The molecular formula is C20H27N7O3S. The average molecular weight is 446 g/mol. The molecule has 2 aliphatic rings. The van der Waals surface area contributed by atoms with Crippen molar-refractivity contribution in [3.05, 3.63) is 30.0 Å². The molecule has 0 saturated carbocycles. The van der Waals surface area contributed by atoms with Gasteiger partial charge in [-0.25, -0.2) is 4.79 Å². The van der Waals surface area contributed by atoms with Crippen LogP contribution in [0, 0.1) is 0 Å². The molecular weight excluding hydrogens is 418 g/mol. The van der Waals surface area contributed by atoms with Crippen LogP contribution in [0.2, 0.25) is 0 Å². The Balaban J connectivity index is 1.32. The number of ether oxygens (including phenoxy) is 1. The Labute approximate surface area is 185 Å². The van der Waals surface area contributed by atoms with Gasteiger partial charge >= 0.3 is 6.03 Å². The fourth-order valence-electron chi connectivity index (χ4n) is 3.71. The van der Waals surface area contributed by atoms with Crippen molar-refractivity contribution < 1.29 is 14.3 Å². The normalized spacial score (nSPS) is 17.5. The van der Waals surface area contributed by atoms with Gasteiger partial charge in [0.1, 0.15) is 5.75 Å². The number of nitrogens with one attached hydrogen (secondary N) is 1. The van der Waals surface area contributed by atoms with E-state index in [1.807, 2.05) is 31.3 Å². The highest BCUT2D eigenvalue weighted by Crippen LogP contribution is 2.23. The highest BCUT2D eigenvalue weighted by Gasteiger charge is 2.28. The number of benzene rings is 1. The standard InChI is InChI=1S/C20H27N7O3S/c1-24-7-9-26(10-8-24)19(28)17-18(31-23-22-17)21-20(29)27-13-11-25(12-14-27)15-3-5-16(30-2)6-4-15/h3-6H,7-14H2,1-2H3,(H,21,29). The van der Waals surface area contributed by atoms with Gasteiger partial charge in [-0.05, 0) is 31.3 Å². The number of anilines is 2. The van der Waals surface area contributed by atoms with Crippen LogP contribution in [0.15, 0.2) is 24.3 Å². The first kappa shape index (κ1) is 21.3. The first-order valence-electron chi connectivity index (χ1n) is 10.3. The summed E-state index contributed by atoms with van der Waals surface area (Å²) in [6.45, 7) is 5.58. The highest BCUT2D eigenvalue weighted by molar-refractivity contribution is 7.10. The number of amides is 3. The maximum atomic E-state index is 12.8. The first-order chi connectivity index (χ1) is 15.0. The molecule has 0 unspecified atom stereocenters. The van der Waals surface area contributed by atoms with E-state index in [4.69, 9.17) is 4.74 Å². The SMILES string of the molecule is COc1ccc(N2CCN(C(=O)Nc3snnc3C(=O)N3CCN(C)CC3)CC2)cc1. The summed E-state index contributed by atoms with van der Waals surface area (Å²) in [6.07, 6.45) is 0. The molecule has 0 bridgehead atoms. The number of methoxy groups -OCH3 is 1. The van der Waals surface area contributed by atoms with E-state index >= 15 is 0 Å². The molecule has 2 fully saturated rings. The van der Waals surface area contributed by atoms with Crippen molar-refractivity contribution in [2.24, 2.45) is 0 Å². The van der Waals surface area contributed by atoms with Gasteiger partial charge in [0.05, 0.1) is 7.11 Å². The summed E-state index contributed by atoms with van der Waals surface area (Å²) in [4.78, 5) is 33.5. The molecule has 2 aliphatic heterocycles. The summed E-state index contributed by atoms with van der Waals surface area (Å²) < 4.78 is 9.11. The van der Waals surface area contributed by atoms with Gasteiger partial charge in [-0.1, -0.05) is 4.49 Å². The number of carbonyl (C=O) groups is 2. The maximum absolute atomic E-state index is 12.8. The minimum Gasteiger partial charge on any atom is -0.497 e. The highest BCUT2D eigenvalue weighted by atomic mass is 32.1.